The average molecular weight is 380 g/mol. The molecule has 0 atom stereocenters. The van der Waals surface area contributed by atoms with E-state index in [4.69, 9.17) is 0 Å². The highest BCUT2D eigenvalue weighted by atomic mass is 14.2. The minimum Gasteiger partial charge on any atom is -0.0836 e. The monoisotopic (exact) mass is 380 g/mol. The molecule has 0 fully saturated rings. The molecular formula is C30H20. The SMILES string of the molecule is C1=Cc2c(ccc3c2ccc2cc4ccc5cc6ccccc6cc5c4cc23)CC1. The standard InChI is InChI=1S/C30H20/c1-2-7-21-17-28-22(15-20(21)6-1)9-10-23-16-24-12-14-26-25-8-4-3-5-19(25)11-13-27(26)29(24)18-30(23)28/h1-2,4,6-18H,3,5H2. The van der Waals surface area contributed by atoms with E-state index < -0.39 is 0 Å². The van der Waals surface area contributed by atoms with E-state index >= 15 is 0 Å². The molecule has 0 spiro atoms. The fraction of sp³-hybridized carbons (Fsp3) is 0.0667. The van der Waals surface area contributed by atoms with Crippen LogP contribution in [0.2, 0.25) is 0 Å². The van der Waals surface area contributed by atoms with Gasteiger partial charge in [-0.05, 0) is 102 Å². The van der Waals surface area contributed by atoms with Gasteiger partial charge in [-0.15, -0.1) is 0 Å². The van der Waals surface area contributed by atoms with Crippen LogP contribution in [0.3, 0.4) is 0 Å². The van der Waals surface area contributed by atoms with Crippen molar-refractivity contribution in [1.29, 1.82) is 0 Å². The van der Waals surface area contributed by atoms with E-state index in [-0.39, 0.29) is 0 Å². The first-order valence-corrected chi connectivity index (χ1v) is 10.8. The minimum absolute atomic E-state index is 1.15. The van der Waals surface area contributed by atoms with Gasteiger partial charge in [-0.2, -0.15) is 0 Å². The van der Waals surface area contributed by atoms with Gasteiger partial charge in [-0.1, -0.05) is 72.8 Å². The molecule has 0 saturated heterocycles. The molecule has 0 radical (unpaired) electrons. The zero-order valence-electron chi connectivity index (χ0n) is 16.7. The lowest BCUT2D eigenvalue weighted by Gasteiger charge is -2.15. The maximum absolute atomic E-state index is 2.42. The number of aryl methyl sites for hydroxylation is 1. The van der Waals surface area contributed by atoms with E-state index in [2.05, 4.69) is 97.1 Å². The molecule has 140 valence electrons. The second-order valence-electron chi connectivity index (χ2n) is 8.52. The van der Waals surface area contributed by atoms with Crippen LogP contribution in [0.1, 0.15) is 17.5 Å². The highest BCUT2D eigenvalue weighted by molar-refractivity contribution is 6.19. The Balaban J connectivity index is 1.63. The van der Waals surface area contributed by atoms with Gasteiger partial charge in [0.25, 0.3) is 0 Å². The summed E-state index contributed by atoms with van der Waals surface area (Å²) in [6.07, 6.45) is 6.92. The number of hydrogen-bond donors (Lipinski definition) is 0. The molecule has 0 bridgehead atoms. The van der Waals surface area contributed by atoms with Crippen LogP contribution in [-0.4, -0.2) is 0 Å². The molecule has 0 saturated carbocycles. The summed E-state index contributed by atoms with van der Waals surface area (Å²) in [7, 11) is 0. The Kier molecular flexibility index (Phi) is 3.20. The molecule has 0 aliphatic heterocycles. The zero-order chi connectivity index (χ0) is 19.7. The fourth-order valence-corrected chi connectivity index (χ4v) is 5.31. The maximum atomic E-state index is 2.42. The lowest BCUT2D eigenvalue weighted by Crippen LogP contribution is -1.95. The van der Waals surface area contributed by atoms with Gasteiger partial charge >= 0.3 is 0 Å². The predicted octanol–water partition coefficient (Wildman–Crippen LogP) is 8.41. The second-order valence-corrected chi connectivity index (χ2v) is 8.52. The van der Waals surface area contributed by atoms with Crippen molar-refractivity contribution in [1.82, 2.24) is 0 Å². The van der Waals surface area contributed by atoms with Crippen molar-refractivity contribution < 1.29 is 0 Å². The van der Waals surface area contributed by atoms with Gasteiger partial charge in [-0.3, -0.25) is 0 Å². The summed E-state index contributed by atoms with van der Waals surface area (Å²) in [5.74, 6) is 0. The van der Waals surface area contributed by atoms with E-state index in [0.29, 0.717) is 0 Å². The third-order valence-electron chi connectivity index (χ3n) is 6.83. The molecule has 0 heteroatoms. The number of rotatable bonds is 0. The van der Waals surface area contributed by atoms with E-state index in [1.54, 1.807) is 0 Å². The molecule has 1 aliphatic carbocycles. The van der Waals surface area contributed by atoms with Crippen LogP contribution in [0.5, 0.6) is 0 Å². The highest BCUT2D eigenvalue weighted by Gasteiger charge is 2.12. The van der Waals surface area contributed by atoms with Crippen LogP contribution in [-0.2, 0) is 6.42 Å². The third-order valence-corrected chi connectivity index (χ3v) is 6.83. The third kappa shape index (κ3) is 2.22. The molecule has 0 nitrogen and oxygen atoms in total. The van der Waals surface area contributed by atoms with Crippen molar-refractivity contribution in [2.75, 3.05) is 0 Å². The molecule has 7 rings (SSSR count). The zero-order valence-corrected chi connectivity index (χ0v) is 16.7. The van der Waals surface area contributed by atoms with Crippen molar-refractivity contribution in [3.05, 3.63) is 102 Å². The predicted molar refractivity (Wildman–Crippen MR) is 131 cm³/mol. The number of benzene rings is 6. The summed E-state index contributed by atoms with van der Waals surface area (Å²) in [4.78, 5) is 0. The van der Waals surface area contributed by atoms with Gasteiger partial charge in [0.05, 0.1) is 0 Å². The van der Waals surface area contributed by atoms with Gasteiger partial charge in [0, 0.05) is 0 Å². The molecule has 6 aromatic carbocycles. The smallest absolute Gasteiger partial charge is 0.00986 e. The molecule has 0 aromatic heterocycles. The Morgan fingerprint density at radius 3 is 1.93 bits per heavy atom. The molecule has 0 heterocycles. The Bertz CT molecular complexity index is 1680. The summed E-state index contributed by atoms with van der Waals surface area (Å²) >= 11 is 0. The van der Waals surface area contributed by atoms with Gasteiger partial charge in [0.2, 0.25) is 0 Å². The Morgan fingerprint density at radius 1 is 0.467 bits per heavy atom. The van der Waals surface area contributed by atoms with E-state index in [1.165, 1.54) is 65.0 Å². The molecule has 1 aliphatic rings. The van der Waals surface area contributed by atoms with Crippen LogP contribution < -0.4 is 0 Å². The molecule has 6 aromatic rings. The number of fused-ring (bicyclic) bond motifs is 9. The van der Waals surface area contributed by atoms with Gasteiger partial charge in [0.1, 0.15) is 0 Å². The van der Waals surface area contributed by atoms with Crippen LogP contribution in [0, 0.1) is 0 Å². The Labute approximate surface area is 175 Å². The van der Waals surface area contributed by atoms with Crippen molar-refractivity contribution in [2.45, 2.75) is 12.8 Å². The van der Waals surface area contributed by atoms with Gasteiger partial charge < -0.3 is 0 Å². The van der Waals surface area contributed by atoms with Crippen LogP contribution in [0.4, 0.5) is 0 Å². The largest absolute Gasteiger partial charge is 0.0836 e. The molecule has 30 heavy (non-hydrogen) atoms. The summed E-state index contributed by atoms with van der Waals surface area (Å²) < 4.78 is 0. The quantitative estimate of drug-likeness (QED) is 0.183. The summed E-state index contributed by atoms with van der Waals surface area (Å²) in [6, 6.07) is 31.9. The van der Waals surface area contributed by atoms with Crippen LogP contribution in [0.15, 0.2) is 91.0 Å². The first-order chi connectivity index (χ1) is 14.8. The van der Waals surface area contributed by atoms with Gasteiger partial charge in [-0.25, -0.2) is 0 Å². The lowest BCUT2D eigenvalue weighted by atomic mass is 9.89. The first-order valence-electron chi connectivity index (χ1n) is 10.8. The molecule has 0 amide bonds. The highest BCUT2D eigenvalue weighted by Crippen LogP contribution is 2.37. The fourth-order valence-electron chi connectivity index (χ4n) is 5.31. The maximum Gasteiger partial charge on any atom is -0.00986 e. The second kappa shape index (κ2) is 5.93. The van der Waals surface area contributed by atoms with Crippen molar-refractivity contribution >= 4 is 59.9 Å². The lowest BCUT2D eigenvalue weighted by molar-refractivity contribution is 0.990. The van der Waals surface area contributed by atoms with Crippen LogP contribution in [0.25, 0.3) is 59.9 Å². The normalized spacial score (nSPS) is 13.6. The number of allylic oxidation sites excluding steroid dienone is 1. The molecular weight excluding hydrogens is 360 g/mol. The van der Waals surface area contributed by atoms with E-state index in [1.807, 2.05) is 0 Å². The van der Waals surface area contributed by atoms with Crippen molar-refractivity contribution in [3.8, 4) is 0 Å². The summed E-state index contributed by atoms with van der Waals surface area (Å²) in [5.41, 5.74) is 2.88. The first kappa shape index (κ1) is 16.2. The topological polar surface area (TPSA) is 0 Å². The van der Waals surface area contributed by atoms with E-state index in [0.717, 1.165) is 12.8 Å². The number of hydrogen-bond acceptors (Lipinski definition) is 0. The molecule has 0 unspecified atom stereocenters. The van der Waals surface area contributed by atoms with Crippen molar-refractivity contribution in [2.24, 2.45) is 0 Å². The molecule has 0 N–H and O–H groups in total. The minimum atomic E-state index is 1.15. The van der Waals surface area contributed by atoms with Crippen molar-refractivity contribution in [3.63, 3.8) is 0 Å². The van der Waals surface area contributed by atoms with Crippen LogP contribution >= 0.6 is 0 Å². The Morgan fingerprint density at radius 2 is 1.10 bits per heavy atom. The van der Waals surface area contributed by atoms with E-state index in [9.17, 15) is 0 Å². The summed E-state index contributed by atoms with van der Waals surface area (Å²) in [6.45, 7) is 0. The Hall–Kier alpha value is -3.64. The van der Waals surface area contributed by atoms with Gasteiger partial charge in [0.15, 0.2) is 0 Å². The average Bonchev–Trinajstić information content (AvgIpc) is 2.81. The summed E-state index contributed by atoms with van der Waals surface area (Å²) in [5, 5.41) is 13.3.